The summed E-state index contributed by atoms with van der Waals surface area (Å²) >= 11 is 5.32. The van der Waals surface area contributed by atoms with Gasteiger partial charge >= 0.3 is 0 Å². The van der Waals surface area contributed by atoms with E-state index in [1.165, 1.54) is 21.5 Å². The number of hydrogen-bond acceptors (Lipinski definition) is 2. The minimum absolute atomic E-state index is 0.718. The van der Waals surface area contributed by atoms with Crippen molar-refractivity contribution in [3.63, 3.8) is 0 Å². The molecule has 0 radical (unpaired) electrons. The lowest BCUT2D eigenvalue weighted by Crippen LogP contribution is -2.29. The van der Waals surface area contributed by atoms with Gasteiger partial charge in [-0.05, 0) is 48.0 Å². The maximum Gasteiger partial charge on any atom is 0.0701 e. The fourth-order valence-electron chi connectivity index (χ4n) is 1.72. The normalized spacial score (nSPS) is 11.6. The van der Waals surface area contributed by atoms with Crippen LogP contribution >= 0.6 is 27.3 Å². The van der Waals surface area contributed by atoms with E-state index in [9.17, 15) is 0 Å². The Hall–Kier alpha value is 0.140. The van der Waals surface area contributed by atoms with Crippen molar-refractivity contribution in [2.75, 3.05) is 7.05 Å². The van der Waals surface area contributed by atoms with Crippen molar-refractivity contribution in [2.24, 2.45) is 0 Å². The zero-order valence-corrected chi connectivity index (χ0v) is 11.5. The maximum atomic E-state index is 3.49. The fourth-order valence-corrected chi connectivity index (χ4v) is 3.27. The van der Waals surface area contributed by atoms with Crippen LogP contribution in [0.2, 0.25) is 0 Å². The van der Waals surface area contributed by atoms with Crippen LogP contribution in [0.25, 0.3) is 0 Å². The summed E-state index contributed by atoms with van der Waals surface area (Å²) in [5.41, 5.74) is 0. The van der Waals surface area contributed by atoms with Gasteiger partial charge in [0.2, 0.25) is 0 Å². The summed E-state index contributed by atoms with van der Waals surface area (Å²) in [5, 5.41) is 0. The van der Waals surface area contributed by atoms with E-state index in [2.05, 4.69) is 53.9 Å². The molecule has 1 nitrogen and oxygen atoms in total. The van der Waals surface area contributed by atoms with Crippen molar-refractivity contribution < 1.29 is 0 Å². The van der Waals surface area contributed by atoms with Crippen molar-refractivity contribution in [2.45, 2.75) is 39.3 Å². The third kappa shape index (κ3) is 3.37. The second-order valence-electron chi connectivity index (χ2n) is 3.59. The summed E-state index contributed by atoms with van der Waals surface area (Å²) in [6.07, 6.45) is 2.47. The third-order valence-corrected chi connectivity index (χ3v) is 4.21. The van der Waals surface area contributed by atoms with Gasteiger partial charge in [-0.2, -0.15) is 0 Å². The standard InChI is InChI=1S/C11H18BrNS/c1-4-9(5-2)13(3)8-10-6-7-11(12)14-10/h6-7,9H,4-5,8H2,1-3H3. The van der Waals surface area contributed by atoms with Crippen molar-refractivity contribution in [3.05, 3.63) is 20.8 Å². The van der Waals surface area contributed by atoms with E-state index in [4.69, 9.17) is 0 Å². The Balaban J connectivity index is 2.51. The molecule has 0 bridgehead atoms. The molecule has 0 N–H and O–H groups in total. The predicted molar refractivity (Wildman–Crippen MR) is 67.9 cm³/mol. The van der Waals surface area contributed by atoms with Crippen molar-refractivity contribution in [1.82, 2.24) is 4.90 Å². The molecule has 0 unspecified atom stereocenters. The first kappa shape index (κ1) is 12.2. The molecule has 1 heterocycles. The van der Waals surface area contributed by atoms with Gasteiger partial charge < -0.3 is 0 Å². The van der Waals surface area contributed by atoms with Crippen LogP contribution < -0.4 is 0 Å². The van der Waals surface area contributed by atoms with Crippen LogP contribution in [0.3, 0.4) is 0 Å². The maximum absolute atomic E-state index is 3.49. The van der Waals surface area contributed by atoms with Crippen LogP contribution in [0.5, 0.6) is 0 Å². The Morgan fingerprint density at radius 3 is 2.43 bits per heavy atom. The molecule has 3 heteroatoms. The average molecular weight is 276 g/mol. The van der Waals surface area contributed by atoms with Gasteiger partial charge in [0.1, 0.15) is 0 Å². The average Bonchev–Trinajstić information content (AvgIpc) is 2.53. The van der Waals surface area contributed by atoms with Gasteiger partial charge in [0.05, 0.1) is 3.79 Å². The second kappa shape index (κ2) is 5.89. The quantitative estimate of drug-likeness (QED) is 0.781. The molecule has 80 valence electrons. The summed E-state index contributed by atoms with van der Waals surface area (Å²) in [5.74, 6) is 0. The minimum atomic E-state index is 0.718. The number of hydrogen-bond donors (Lipinski definition) is 0. The first-order valence-corrected chi connectivity index (χ1v) is 6.72. The zero-order valence-electron chi connectivity index (χ0n) is 9.09. The molecule has 0 aliphatic heterocycles. The van der Waals surface area contributed by atoms with Crippen molar-refractivity contribution in [1.29, 1.82) is 0 Å². The first-order chi connectivity index (χ1) is 6.67. The summed E-state index contributed by atoms with van der Waals surface area (Å²) in [6, 6.07) is 5.05. The van der Waals surface area contributed by atoms with Gasteiger partial charge in [-0.15, -0.1) is 11.3 Å². The van der Waals surface area contributed by atoms with Crippen molar-refractivity contribution in [3.8, 4) is 0 Å². The van der Waals surface area contributed by atoms with Gasteiger partial charge in [0, 0.05) is 17.5 Å². The number of rotatable bonds is 5. The van der Waals surface area contributed by atoms with E-state index in [1.807, 2.05) is 11.3 Å². The first-order valence-electron chi connectivity index (χ1n) is 5.11. The van der Waals surface area contributed by atoms with E-state index < -0.39 is 0 Å². The van der Waals surface area contributed by atoms with E-state index in [0.29, 0.717) is 0 Å². The molecule has 0 amide bonds. The second-order valence-corrected chi connectivity index (χ2v) is 6.14. The number of thiophene rings is 1. The molecule has 0 spiro atoms. The molecule has 0 saturated carbocycles. The Bertz CT molecular complexity index is 268. The van der Waals surface area contributed by atoms with Crippen LogP contribution in [0.4, 0.5) is 0 Å². The van der Waals surface area contributed by atoms with E-state index in [0.717, 1.165) is 12.6 Å². The molecule has 0 atom stereocenters. The summed E-state index contributed by atoms with van der Waals surface area (Å²) in [6.45, 7) is 5.59. The van der Waals surface area contributed by atoms with E-state index >= 15 is 0 Å². The monoisotopic (exact) mass is 275 g/mol. The minimum Gasteiger partial charge on any atom is -0.298 e. The van der Waals surface area contributed by atoms with Crippen LogP contribution in [0.15, 0.2) is 15.9 Å². The predicted octanol–water partition coefficient (Wildman–Crippen LogP) is 4.13. The molecular weight excluding hydrogens is 258 g/mol. The molecule has 0 saturated heterocycles. The zero-order chi connectivity index (χ0) is 10.6. The van der Waals surface area contributed by atoms with E-state index in [-0.39, 0.29) is 0 Å². The molecule has 0 aromatic carbocycles. The number of halogens is 1. The SMILES string of the molecule is CCC(CC)N(C)Cc1ccc(Br)s1. The largest absolute Gasteiger partial charge is 0.298 e. The highest BCUT2D eigenvalue weighted by Gasteiger charge is 2.11. The Morgan fingerprint density at radius 2 is 2.00 bits per heavy atom. The molecule has 0 fully saturated rings. The molecule has 1 aromatic rings. The van der Waals surface area contributed by atoms with Gasteiger partial charge in [-0.1, -0.05) is 13.8 Å². The summed E-state index contributed by atoms with van der Waals surface area (Å²) in [7, 11) is 2.21. The third-order valence-electron chi connectivity index (χ3n) is 2.60. The smallest absolute Gasteiger partial charge is 0.0701 e. The highest BCUT2D eigenvalue weighted by atomic mass is 79.9. The van der Waals surface area contributed by atoms with Crippen molar-refractivity contribution >= 4 is 27.3 Å². The van der Waals surface area contributed by atoms with Gasteiger partial charge in [-0.3, -0.25) is 4.90 Å². The number of nitrogens with zero attached hydrogens (tertiary/aromatic N) is 1. The molecular formula is C11H18BrNS. The molecule has 1 aromatic heterocycles. The Morgan fingerprint density at radius 1 is 1.36 bits per heavy atom. The summed E-state index contributed by atoms with van der Waals surface area (Å²) < 4.78 is 1.23. The lowest BCUT2D eigenvalue weighted by molar-refractivity contribution is 0.223. The van der Waals surface area contributed by atoms with Crippen LogP contribution in [-0.4, -0.2) is 18.0 Å². The van der Waals surface area contributed by atoms with Gasteiger partial charge in [0.25, 0.3) is 0 Å². The molecule has 0 aliphatic rings. The topological polar surface area (TPSA) is 3.24 Å². The van der Waals surface area contributed by atoms with E-state index in [1.54, 1.807) is 0 Å². The van der Waals surface area contributed by atoms with Gasteiger partial charge in [0.15, 0.2) is 0 Å². The van der Waals surface area contributed by atoms with Crippen LogP contribution in [0.1, 0.15) is 31.6 Å². The highest BCUT2D eigenvalue weighted by Crippen LogP contribution is 2.23. The molecule has 1 rings (SSSR count). The lowest BCUT2D eigenvalue weighted by Gasteiger charge is -2.25. The van der Waals surface area contributed by atoms with Gasteiger partial charge in [-0.25, -0.2) is 0 Å². The molecule has 14 heavy (non-hydrogen) atoms. The summed E-state index contributed by atoms with van der Waals surface area (Å²) in [4.78, 5) is 3.88. The highest BCUT2D eigenvalue weighted by molar-refractivity contribution is 9.11. The Kier molecular flexibility index (Phi) is 5.13. The van der Waals surface area contributed by atoms with Crippen LogP contribution in [-0.2, 0) is 6.54 Å². The lowest BCUT2D eigenvalue weighted by atomic mass is 10.1. The molecule has 0 aliphatic carbocycles. The Labute approximate surface area is 99.3 Å². The fraction of sp³-hybridized carbons (Fsp3) is 0.636. The van der Waals surface area contributed by atoms with Crippen LogP contribution in [0, 0.1) is 0 Å².